The molecule has 108 valence electrons. The van der Waals surface area contributed by atoms with E-state index in [1.54, 1.807) is 0 Å². The zero-order valence-electron chi connectivity index (χ0n) is 12.2. The van der Waals surface area contributed by atoms with Crippen molar-refractivity contribution in [2.75, 3.05) is 6.54 Å². The van der Waals surface area contributed by atoms with Crippen molar-refractivity contribution in [2.45, 2.75) is 57.5 Å². The first kappa shape index (κ1) is 13.6. The number of benzene rings is 1. The summed E-state index contributed by atoms with van der Waals surface area (Å²) >= 11 is 0. The van der Waals surface area contributed by atoms with Crippen LogP contribution in [0.1, 0.15) is 55.3 Å². The van der Waals surface area contributed by atoms with Crippen LogP contribution in [0.5, 0.6) is 0 Å². The topological polar surface area (TPSA) is 41.1 Å². The van der Waals surface area contributed by atoms with E-state index in [2.05, 4.69) is 35.8 Å². The fourth-order valence-electron chi connectivity index (χ4n) is 3.33. The zero-order valence-corrected chi connectivity index (χ0v) is 12.2. The van der Waals surface area contributed by atoms with Gasteiger partial charge in [-0.1, -0.05) is 18.2 Å². The predicted octanol–water partition coefficient (Wildman–Crippen LogP) is 2.49. The number of rotatable bonds is 3. The first-order chi connectivity index (χ1) is 9.74. The second-order valence-electron chi connectivity index (χ2n) is 6.11. The third kappa shape index (κ3) is 2.88. The highest BCUT2D eigenvalue weighted by molar-refractivity contribution is 5.82. The summed E-state index contributed by atoms with van der Waals surface area (Å²) in [7, 11) is 0. The van der Waals surface area contributed by atoms with Crippen molar-refractivity contribution in [3.63, 3.8) is 0 Å². The molecule has 0 spiro atoms. The van der Waals surface area contributed by atoms with Crippen LogP contribution in [0, 0.1) is 0 Å². The number of nitrogens with one attached hydrogen (secondary N) is 2. The number of hydrogen-bond donors (Lipinski definition) is 2. The highest BCUT2D eigenvalue weighted by Crippen LogP contribution is 2.24. The number of hydrogen-bond acceptors (Lipinski definition) is 2. The molecule has 1 aromatic rings. The molecule has 0 saturated carbocycles. The van der Waals surface area contributed by atoms with Gasteiger partial charge in [0.15, 0.2) is 0 Å². The molecule has 1 aliphatic heterocycles. The normalized spacial score (nSPS) is 23.1. The summed E-state index contributed by atoms with van der Waals surface area (Å²) in [5.74, 6) is 0.146. The van der Waals surface area contributed by atoms with Gasteiger partial charge in [-0.25, -0.2) is 0 Å². The van der Waals surface area contributed by atoms with E-state index < -0.39 is 0 Å². The van der Waals surface area contributed by atoms with Crippen molar-refractivity contribution in [1.82, 2.24) is 10.6 Å². The first-order valence-corrected chi connectivity index (χ1v) is 7.89. The Morgan fingerprint density at radius 3 is 2.80 bits per heavy atom. The lowest BCUT2D eigenvalue weighted by Gasteiger charge is -2.21. The Morgan fingerprint density at radius 2 is 2.05 bits per heavy atom. The Bertz CT molecular complexity index is 492. The fraction of sp³-hybridized carbons (Fsp3) is 0.588. The van der Waals surface area contributed by atoms with Crippen LogP contribution in [0.15, 0.2) is 18.2 Å². The maximum atomic E-state index is 12.1. The SMILES string of the molecule is CC(NC(=O)C1CCCN1)c1ccc2c(c1)CCCC2. The molecule has 0 bridgehead atoms. The Hall–Kier alpha value is -1.35. The maximum absolute atomic E-state index is 12.1. The number of carbonyl (C=O) groups is 1. The molecule has 1 fully saturated rings. The molecule has 2 N–H and O–H groups in total. The molecule has 1 saturated heterocycles. The molecule has 0 aromatic heterocycles. The Morgan fingerprint density at radius 1 is 1.25 bits per heavy atom. The van der Waals surface area contributed by atoms with Crippen LogP contribution < -0.4 is 10.6 Å². The summed E-state index contributed by atoms with van der Waals surface area (Å²) in [6.45, 7) is 3.04. The van der Waals surface area contributed by atoms with E-state index in [4.69, 9.17) is 0 Å². The van der Waals surface area contributed by atoms with Gasteiger partial charge in [-0.2, -0.15) is 0 Å². The van der Waals surface area contributed by atoms with Crippen molar-refractivity contribution < 1.29 is 4.79 Å². The van der Waals surface area contributed by atoms with Gasteiger partial charge in [-0.3, -0.25) is 4.79 Å². The average molecular weight is 272 g/mol. The first-order valence-electron chi connectivity index (χ1n) is 7.89. The van der Waals surface area contributed by atoms with Crippen LogP contribution in [0.3, 0.4) is 0 Å². The minimum Gasteiger partial charge on any atom is -0.348 e. The standard InChI is InChI=1S/C17H24N2O/c1-12(19-17(20)16-7-4-10-18-16)14-9-8-13-5-2-3-6-15(13)11-14/h8-9,11-12,16,18H,2-7,10H2,1H3,(H,19,20). The predicted molar refractivity (Wildman–Crippen MR) is 80.7 cm³/mol. The molecule has 2 unspecified atom stereocenters. The molecule has 1 aromatic carbocycles. The molecule has 0 radical (unpaired) electrons. The van der Waals surface area contributed by atoms with Gasteiger partial charge in [-0.15, -0.1) is 0 Å². The van der Waals surface area contributed by atoms with E-state index in [1.807, 2.05) is 0 Å². The Kier molecular flexibility index (Phi) is 4.06. The third-order valence-electron chi connectivity index (χ3n) is 4.61. The van der Waals surface area contributed by atoms with Crippen LogP contribution in [0.2, 0.25) is 0 Å². The molecular formula is C17H24N2O. The van der Waals surface area contributed by atoms with Gasteiger partial charge in [0.1, 0.15) is 0 Å². The molecule has 3 nitrogen and oxygen atoms in total. The molecular weight excluding hydrogens is 248 g/mol. The van der Waals surface area contributed by atoms with Gasteiger partial charge in [0, 0.05) is 0 Å². The number of carbonyl (C=O) groups excluding carboxylic acids is 1. The van der Waals surface area contributed by atoms with Gasteiger partial charge in [0.05, 0.1) is 12.1 Å². The molecule has 1 amide bonds. The minimum atomic E-state index is 0.00933. The summed E-state index contributed by atoms with van der Waals surface area (Å²) < 4.78 is 0. The van der Waals surface area contributed by atoms with Crippen LogP contribution in [0.25, 0.3) is 0 Å². The average Bonchev–Trinajstić information content (AvgIpc) is 3.01. The summed E-state index contributed by atoms with van der Waals surface area (Å²) in [4.78, 5) is 12.1. The second kappa shape index (κ2) is 5.96. The highest BCUT2D eigenvalue weighted by Gasteiger charge is 2.23. The lowest BCUT2D eigenvalue weighted by Crippen LogP contribution is -2.41. The van der Waals surface area contributed by atoms with E-state index in [0.717, 1.165) is 19.4 Å². The van der Waals surface area contributed by atoms with Crippen LogP contribution in [-0.2, 0) is 17.6 Å². The summed E-state index contributed by atoms with van der Waals surface area (Å²) in [5.41, 5.74) is 4.21. The largest absolute Gasteiger partial charge is 0.348 e. The second-order valence-corrected chi connectivity index (χ2v) is 6.11. The number of amides is 1. The molecule has 1 heterocycles. The highest BCUT2D eigenvalue weighted by atomic mass is 16.2. The van der Waals surface area contributed by atoms with Crippen molar-refractivity contribution >= 4 is 5.91 Å². The van der Waals surface area contributed by atoms with Gasteiger partial charge in [-0.05, 0) is 68.7 Å². The Balaban J connectivity index is 1.67. The zero-order chi connectivity index (χ0) is 13.9. The lowest BCUT2D eigenvalue weighted by atomic mass is 9.89. The van der Waals surface area contributed by atoms with E-state index >= 15 is 0 Å². The maximum Gasteiger partial charge on any atom is 0.237 e. The van der Waals surface area contributed by atoms with E-state index in [-0.39, 0.29) is 18.0 Å². The van der Waals surface area contributed by atoms with Crippen LogP contribution >= 0.6 is 0 Å². The molecule has 20 heavy (non-hydrogen) atoms. The lowest BCUT2D eigenvalue weighted by molar-refractivity contribution is -0.123. The van der Waals surface area contributed by atoms with Crippen molar-refractivity contribution in [3.8, 4) is 0 Å². The smallest absolute Gasteiger partial charge is 0.237 e. The van der Waals surface area contributed by atoms with E-state index in [0.29, 0.717) is 0 Å². The van der Waals surface area contributed by atoms with Gasteiger partial charge in [0.2, 0.25) is 5.91 Å². The van der Waals surface area contributed by atoms with E-state index in [9.17, 15) is 4.79 Å². The molecule has 3 rings (SSSR count). The molecule has 1 aliphatic carbocycles. The van der Waals surface area contributed by atoms with Gasteiger partial charge >= 0.3 is 0 Å². The molecule has 2 atom stereocenters. The van der Waals surface area contributed by atoms with E-state index in [1.165, 1.54) is 42.4 Å². The van der Waals surface area contributed by atoms with Gasteiger partial charge < -0.3 is 10.6 Å². The Labute approximate surface area is 121 Å². The summed E-state index contributed by atoms with van der Waals surface area (Å²) in [5, 5.41) is 6.39. The minimum absolute atomic E-state index is 0.00933. The summed E-state index contributed by atoms with van der Waals surface area (Å²) in [6.07, 6.45) is 7.07. The van der Waals surface area contributed by atoms with Crippen LogP contribution in [0.4, 0.5) is 0 Å². The molecule has 3 heteroatoms. The van der Waals surface area contributed by atoms with Crippen molar-refractivity contribution in [1.29, 1.82) is 0 Å². The van der Waals surface area contributed by atoms with Gasteiger partial charge in [0.25, 0.3) is 0 Å². The third-order valence-corrected chi connectivity index (χ3v) is 4.61. The molecule has 2 aliphatic rings. The number of aryl methyl sites for hydroxylation is 2. The monoisotopic (exact) mass is 272 g/mol. The quantitative estimate of drug-likeness (QED) is 0.887. The number of fused-ring (bicyclic) bond motifs is 1. The van der Waals surface area contributed by atoms with Crippen molar-refractivity contribution in [2.24, 2.45) is 0 Å². The van der Waals surface area contributed by atoms with Crippen molar-refractivity contribution in [3.05, 3.63) is 34.9 Å². The van der Waals surface area contributed by atoms with Crippen LogP contribution in [-0.4, -0.2) is 18.5 Å². The fourth-order valence-corrected chi connectivity index (χ4v) is 3.33. The summed E-state index contributed by atoms with van der Waals surface area (Å²) in [6, 6.07) is 6.83.